The second-order valence-corrected chi connectivity index (χ2v) is 7.00. The topological polar surface area (TPSA) is 83.3 Å². The Hall–Kier alpha value is -2.41. The number of likely N-dealkylation sites (tertiary alicyclic amines) is 1. The van der Waals surface area contributed by atoms with E-state index < -0.39 is 0 Å². The summed E-state index contributed by atoms with van der Waals surface area (Å²) in [5, 5.41) is 7.04. The summed E-state index contributed by atoms with van der Waals surface area (Å²) in [4.78, 5) is 23.2. The summed E-state index contributed by atoms with van der Waals surface area (Å²) in [6.07, 6.45) is 5.47. The molecule has 0 aliphatic carbocycles. The van der Waals surface area contributed by atoms with Crippen LogP contribution in [-0.4, -0.2) is 53.0 Å². The number of rotatable bonds is 3. The van der Waals surface area contributed by atoms with Crippen LogP contribution in [0.2, 0.25) is 0 Å². The summed E-state index contributed by atoms with van der Waals surface area (Å²) >= 11 is 0. The molecule has 0 radical (unpaired) electrons. The first kappa shape index (κ1) is 17.0. The fourth-order valence-electron chi connectivity index (χ4n) is 3.75. The number of fused-ring (bicyclic) bond motifs is 1. The van der Waals surface area contributed by atoms with E-state index in [-0.39, 0.29) is 11.9 Å². The summed E-state index contributed by atoms with van der Waals surface area (Å²) in [5.74, 6) is 2.33. The van der Waals surface area contributed by atoms with Gasteiger partial charge in [-0.15, -0.1) is 0 Å². The molecule has 4 heterocycles. The number of carbonyl (C=O) groups excluding carboxylic acids is 1. The first-order chi connectivity index (χ1) is 12.7. The minimum atomic E-state index is 0.137. The van der Waals surface area contributed by atoms with Crippen molar-refractivity contribution >= 4 is 11.7 Å². The van der Waals surface area contributed by atoms with Crippen molar-refractivity contribution in [1.82, 2.24) is 20.2 Å². The molecule has 138 valence electrons. The summed E-state index contributed by atoms with van der Waals surface area (Å²) in [6, 6.07) is 3.95. The van der Waals surface area contributed by atoms with Crippen LogP contribution in [0, 0.1) is 0 Å². The molecule has 7 nitrogen and oxygen atoms in total. The third-order valence-corrected chi connectivity index (χ3v) is 5.13. The SMILES string of the molecule is CC(=O)N1CCCC(Nc2nc(-c3ccco3)nc3c2CCNCC3)C1. The van der Waals surface area contributed by atoms with Crippen molar-refractivity contribution in [3.8, 4) is 11.6 Å². The zero-order chi connectivity index (χ0) is 17.9. The Morgan fingerprint density at radius 2 is 2.23 bits per heavy atom. The van der Waals surface area contributed by atoms with Crippen LogP contribution in [0.25, 0.3) is 11.6 Å². The molecule has 1 unspecified atom stereocenters. The summed E-state index contributed by atoms with van der Waals surface area (Å²) in [6.45, 7) is 5.05. The molecule has 1 amide bonds. The van der Waals surface area contributed by atoms with E-state index in [0.717, 1.165) is 63.4 Å². The Balaban J connectivity index is 1.65. The van der Waals surface area contributed by atoms with Crippen LogP contribution in [0.3, 0.4) is 0 Å². The largest absolute Gasteiger partial charge is 0.461 e. The molecule has 0 bridgehead atoms. The van der Waals surface area contributed by atoms with Crippen LogP contribution in [0.15, 0.2) is 22.8 Å². The second-order valence-electron chi connectivity index (χ2n) is 7.00. The number of hydrogen-bond donors (Lipinski definition) is 2. The molecule has 0 spiro atoms. The lowest BCUT2D eigenvalue weighted by Crippen LogP contribution is -2.44. The zero-order valence-corrected chi connectivity index (χ0v) is 15.1. The lowest BCUT2D eigenvalue weighted by atomic mass is 10.0. The van der Waals surface area contributed by atoms with Gasteiger partial charge in [-0.25, -0.2) is 9.97 Å². The normalized spacial score (nSPS) is 20.3. The molecular weight excluding hydrogens is 330 g/mol. The minimum Gasteiger partial charge on any atom is -0.461 e. The maximum absolute atomic E-state index is 11.7. The molecule has 0 aromatic carbocycles. The maximum Gasteiger partial charge on any atom is 0.219 e. The van der Waals surface area contributed by atoms with Crippen molar-refractivity contribution in [2.75, 3.05) is 31.5 Å². The highest BCUT2D eigenvalue weighted by atomic mass is 16.3. The van der Waals surface area contributed by atoms with E-state index in [1.807, 2.05) is 17.0 Å². The molecule has 1 atom stereocenters. The number of anilines is 1. The van der Waals surface area contributed by atoms with E-state index >= 15 is 0 Å². The van der Waals surface area contributed by atoms with Gasteiger partial charge < -0.3 is 20.0 Å². The molecule has 2 N–H and O–H groups in total. The summed E-state index contributed by atoms with van der Waals surface area (Å²) < 4.78 is 5.51. The minimum absolute atomic E-state index is 0.137. The van der Waals surface area contributed by atoms with Gasteiger partial charge in [0.15, 0.2) is 11.6 Å². The lowest BCUT2D eigenvalue weighted by Gasteiger charge is -2.33. The molecule has 2 aliphatic heterocycles. The molecule has 26 heavy (non-hydrogen) atoms. The molecule has 4 rings (SSSR count). The third-order valence-electron chi connectivity index (χ3n) is 5.13. The van der Waals surface area contributed by atoms with Crippen molar-refractivity contribution in [1.29, 1.82) is 0 Å². The number of amides is 1. The lowest BCUT2D eigenvalue weighted by molar-refractivity contribution is -0.129. The number of furan rings is 1. The van der Waals surface area contributed by atoms with Crippen molar-refractivity contribution in [2.45, 2.75) is 38.6 Å². The fraction of sp³-hybridized carbons (Fsp3) is 0.526. The number of hydrogen-bond acceptors (Lipinski definition) is 6. The van der Waals surface area contributed by atoms with Crippen molar-refractivity contribution < 1.29 is 9.21 Å². The average molecular weight is 355 g/mol. The summed E-state index contributed by atoms with van der Waals surface area (Å²) in [7, 11) is 0. The highest BCUT2D eigenvalue weighted by molar-refractivity contribution is 5.73. The van der Waals surface area contributed by atoms with E-state index in [0.29, 0.717) is 11.6 Å². The van der Waals surface area contributed by atoms with E-state index in [9.17, 15) is 4.79 Å². The van der Waals surface area contributed by atoms with Gasteiger partial charge in [0, 0.05) is 44.6 Å². The average Bonchev–Trinajstić information content (AvgIpc) is 3.07. The molecule has 0 saturated carbocycles. The smallest absolute Gasteiger partial charge is 0.219 e. The maximum atomic E-state index is 11.7. The Bertz CT molecular complexity index is 774. The van der Waals surface area contributed by atoms with E-state index in [1.54, 1.807) is 13.2 Å². The zero-order valence-electron chi connectivity index (χ0n) is 15.1. The van der Waals surface area contributed by atoms with Crippen LogP contribution in [0.1, 0.15) is 31.0 Å². The van der Waals surface area contributed by atoms with Crippen LogP contribution < -0.4 is 10.6 Å². The number of aromatic nitrogens is 2. The molecular formula is C19H25N5O2. The van der Waals surface area contributed by atoms with Gasteiger partial charge in [0.05, 0.1) is 12.0 Å². The van der Waals surface area contributed by atoms with Crippen molar-refractivity contribution in [3.63, 3.8) is 0 Å². The monoisotopic (exact) mass is 355 g/mol. The van der Waals surface area contributed by atoms with E-state index in [2.05, 4.69) is 10.6 Å². The first-order valence-electron chi connectivity index (χ1n) is 9.37. The van der Waals surface area contributed by atoms with Gasteiger partial charge in [0.1, 0.15) is 5.82 Å². The molecule has 2 aromatic rings. The van der Waals surface area contributed by atoms with Crippen molar-refractivity contribution in [2.24, 2.45) is 0 Å². The van der Waals surface area contributed by atoms with E-state index in [1.165, 1.54) is 5.56 Å². The number of nitrogens with one attached hydrogen (secondary N) is 2. The Morgan fingerprint density at radius 3 is 3.04 bits per heavy atom. The highest BCUT2D eigenvalue weighted by Crippen LogP contribution is 2.26. The predicted molar refractivity (Wildman–Crippen MR) is 98.9 cm³/mol. The van der Waals surface area contributed by atoms with Gasteiger partial charge in [-0.05, 0) is 37.9 Å². The van der Waals surface area contributed by atoms with Crippen LogP contribution in [-0.2, 0) is 17.6 Å². The Morgan fingerprint density at radius 1 is 1.35 bits per heavy atom. The highest BCUT2D eigenvalue weighted by Gasteiger charge is 2.24. The van der Waals surface area contributed by atoms with Crippen LogP contribution >= 0.6 is 0 Å². The van der Waals surface area contributed by atoms with Gasteiger partial charge in [0.2, 0.25) is 5.91 Å². The predicted octanol–water partition coefficient (Wildman–Crippen LogP) is 1.85. The van der Waals surface area contributed by atoms with Gasteiger partial charge in [-0.3, -0.25) is 4.79 Å². The summed E-state index contributed by atoms with van der Waals surface area (Å²) in [5.41, 5.74) is 2.27. The molecule has 1 fully saturated rings. The van der Waals surface area contributed by atoms with Gasteiger partial charge >= 0.3 is 0 Å². The van der Waals surface area contributed by atoms with Gasteiger partial charge in [-0.2, -0.15) is 0 Å². The van der Waals surface area contributed by atoms with E-state index in [4.69, 9.17) is 14.4 Å². The number of carbonyl (C=O) groups is 1. The Labute approximate surface area is 153 Å². The molecule has 1 saturated heterocycles. The third kappa shape index (κ3) is 3.58. The fourth-order valence-corrected chi connectivity index (χ4v) is 3.75. The molecule has 2 aliphatic rings. The van der Waals surface area contributed by atoms with Gasteiger partial charge in [-0.1, -0.05) is 0 Å². The quantitative estimate of drug-likeness (QED) is 0.874. The van der Waals surface area contributed by atoms with Crippen molar-refractivity contribution in [3.05, 3.63) is 29.7 Å². The first-order valence-corrected chi connectivity index (χ1v) is 9.37. The second kappa shape index (κ2) is 7.45. The Kier molecular flexibility index (Phi) is 4.88. The number of piperidine rings is 1. The van der Waals surface area contributed by atoms with Crippen LogP contribution in [0.5, 0.6) is 0 Å². The standard InChI is InChI=1S/C19H25N5O2/c1-13(25)24-10-2-4-14(12-24)21-18-15-6-8-20-9-7-16(15)22-19(23-18)17-5-3-11-26-17/h3,5,11,14,20H,2,4,6-10,12H2,1H3,(H,21,22,23). The number of nitrogens with zero attached hydrogens (tertiary/aromatic N) is 3. The molecule has 7 heteroatoms. The van der Waals surface area contributed by atoms with Crippen LogP contribution in [0.4, 0.5) is 5.82 Å². The van der Waals surface area contributed by atoms with Gasteiger partial charge in [0.25, 0.3) is 0 Å². The molecule has 2 aromatic heterocycles.